The summed E-state index contributed by atoms with van der Waals surface area (Å²) in [6.07, 6.45) is 0.930. The van der Waals surface area contributed by atoms with Crippen LogP contribution in [0.25, 0.3) is 21.6 Å². The molecule has 2 aromatic heterocycles. The van der Waals surface area contributed by atoms with E-state index < -0.39 is 0 Å². The van der Waals surface area contributed by atoms with E-state index in [2.05, 4.69) is 22.3 Å². The maximum Gasteiger partial charge on any atom is 0.163 e. The molecular weight excluding hydrogens is 287 g/mol. The highest BCUT2D eigenvalue weighted by atomic mass is 32.1. The first kappa shape index (κ1) is 13.9. The van der Waals surface area contributed by atoms with E-state index in [-0.39, 0.29) is 5.82 Å². The number of nitrogens with zero attached hydrogens (tertiary/aromatic N) is 2. The Kier molecular flexibility index (Phi) is 3.57. The van der Waals surface area contributed by atoms with Crippen LogP contribution < -0.4 is 11.3 Å². The predicted molar refractivity (Wildman–Crippen MR) is 84.7 cm³/mol. The molecule has 21 heavy (non-hydrogen) atoms. The summed E-state index contributed by atoms with van der Waals surface area (Å²) in [6, 6.07) is 6.81. The summed E-state index contributed by atoms with van der Waals surface area (Å²) in [5.74, 6) is 6.31. The quantitative estimate of drug-likeness (QED) is 0.572. The standard InChI is InChI=1S/C15H15FN4S/c1-3-11-7-12-14(20-17)18-13(19-15(12)21-11)9-4-8(2)5-10(16)6-9/h4-7H,3,17H2,1-2H3,(H,18,19,20). The fourth-order valence-corrected chi connectivity index (χ4v) is 3.22. The van der Waals surface area contributed by atoms with Gasteiger partial charge in [-0.1, -0.05) is 6.92 Å². The lowest BCUT2D eigenvalue weighted by Gasteiger charge is -2.06. The SMILES string of the molecule is CCc1cc2c(NN)nc(-c3cc(C)cc(F)c3)nc2s1. The van der Waals surface area contributed by atoms with Crippen LogP contribution in [0.4, 0.5) is 10.2 Å². The van der Waals surface area contributed by atoms with E-state index in [9.17, 15) is 4.39 Å². The molecule has 0 saturated heterocycles. The molecule has 0 fully saturated rings. The van der Waals surface area contributed by atoms with Crippen molar-refractivity contribution < 1.29 is 4.39 Å². The Morgan fingerprint density at radius 3 is 2.71 bits per heavy atom. The Labute approximate surface area is 125 Å². The van der Waals surface area contributed by atoms with Crippen molar-refractivity contribution in [1.82, 2.24) is 9.97 Å². The fraction of sp³-hybridized carbons (Fsp3) is 0.200. The largest absolute Gasteiger partial charge is 0.308 e. The molecule has 2 heterocycles. The van der Waals surface area contributed by atoms with Gasteiger partial charge in [0.25, 0.3) is 0 Å². The molecule has 108 valence electrons. The zero-order valence-corrected chi connectivity index (χ0v) is 12.6. The number of fused-ring (bicyclic) bond motifs is 1. The van der Waals surface area contributed by atoms with Crippen LogP contribution in [0.5, 0.6) is 0 Å². The first-order valence-corrected chi connectivity index (χ1v) is 7.47. The van der Waals surface area contributed by atoms with E-state index in [0.29, 0.717) is 17.2 Å². The summed E-state index contributed by atoms with van der Waals surface area (Å²) in [7, 11) is 0. The molecule has 3 aromatic rings. The molecule has 0 aliphatic carbocycles. The van der Waals surface area contributed by atoms with Gasteiger partial charge in [0.15, 0.2) is 11.6 Å². The molecule has 0 aliphatic rings. The van der Waals surface area contributed by atoms with Crippen molar-refractivity contribution in [3.63, 3.8) is 0 Å². The molecule has 4 nitrogen and oxygen atoms in total. The maximum atomic E-state index is 13.6. The van der Waals surface area contributed by atoms with Gasteiger partial charge in [0, 0.05) is 10.4 Å². The highest BCUT2D eigenvalue weighted by Crippen LogP contribution is 2.31. The molecule has 0 spiro atoms. The predicted octanol–water partition coefficient (Wildman–Crippen LogP) is 3.65. The Bertz CT molecular complexity index is 793. The summed E-state index contributed by atoms with van der Waals surface area (Å²) in [5.41, 5.74) is 4.09. The zero-order chi connectivity index (χ0) is 15.0. The number of benzene rings is 1. The number of hydrazine groups is 1. The van der Waals surface area contributed by atoms with E-state index in [1.165, 1.54) is 17.0 Å². The van der Waals surface area contributed by atoms with Crippen LogP contribution in [0.3, 0.4) is 0 Å². The number of aromatic nitrogens is 2. The van der Waals surface area contributed by atoms with Gasteiger partial charge in [-0.05, 0) is 43.2 Å². The minimum atomic E-state index is -0.295. The third-order valence-corrected chi connectivity index (χ3v) is 4.40. The minimum Gasteiger partial charge on any atom is -0.308 e. The Hall–Kier alpha value is -2.05. The average molecular weight is 302 g/mol. The van der Waals surface area contributed by atoms with Crippen LogP contribution in [-0.4, -0.2) is 9.97 Å². The van der Waals surface area contributed by atoms with Crippen molar-refractivity contribution in [1.29, 1.82) is 0 Å². The van der Waals surface area contributed by atoms with Crippen molar-refractivity contribution in [2.24, 2.45) is 5.84 Å². The van der Waals surface area contributed by atoms with Gasteiger partial charge in [-0.3, -0.25) is 0 Å². The first-order valence-electron chi connectivity index (χ1n) is 6.65. The van der Waals surface area contributed by atoms with E-state index in [1.54, 1.807) is 11.3 Å². The maximum absolute atomic E-state index is 13.6. The third kappa shape index (κ3) is 2.59. The van der Waals surface area contributed by atoms with Crippen molar-refractivity contribution >= 4 is 27.4 Å². The lowest BCUT2D eigenvalue weighted by Crippen LogP contribution is -2.09. The summed E-state index contributed by atoms with van der Waals surface area (Å²) >= 11 is 1.60. The Balaban J connectivity index is 2.22. The van der Waals surface area contributed by atoms with Crippen molar-refractivity contribution in [3.05, 3.63) is 40.5 Å². The second-order valence-electron chi connectivity index (χ2n) is 4.84. The number of nitrogen functional groups attached to an aromatic ring is 1. The van der Waals surface area contributed by atoms with Gasteiger partial charge >= 0.3 is 0 Å². The van der Waals surface area contributed by atoms with Crippen LogP contribution in [0.1, 0.15) is 17.4 Å². The molecular formula is C15H15FN4S. The van der Waals surface area contributed by atoms with Crippen molar-refractivity contribution in [2.75, 3.05) is 5.43 Å². The van der Waals surface area contributed by atoms with Crippen LogP contribution in [0.2, 0.25) is 0 Å². The highest BCUT2D eigenvalue weighted by molar-refractivity contribution is 7.18. The summed E-state index contributed by atoms with van der Waals surface area (Å²) < 4.78 is 13.6. The van der Waals surface area contributed by atoms with Gasteiger partial charge in [0.2, 0.25) is 0 Å². The molecule has 0 bridgehead atoms. The molecule has 0 amide bonds. The summed E-state index contributed by atoms with van der Waals surface area (Å²) in [4.78, 5) is 11.0. The number of rotatable bonds is 3. The van der Waals surface area contributed by atoms with Crippen molar-refractivity contribution in [2.45, 2.75) is 20.3 Å². The zero-order valence-electron chi connectivity index (χ0n) is 11.8. The second kappa shape index (κ2) is 5.38. The molecule has 1 aromatic carbocycles. The normalized spacial score (nSPS) is 11.0. The molecule has 0 saturated carbocycles. The molecule has 0 atom stereocenters. The monoisotopic (exact) mass is 302 g/mol. The molecule has 0 radical (unpaired) electrons. The van der Waals surface area contributed by atoms with Gasteiger partial charge in [-0.2, -0.15) is 0 Å². The number of aryl methyl sites for hydroxylation is 2. The molecule has 0 unspecified atom stereocenters. The fourth-order valence-electron chi connectivity index (χ4n) is 2.25. The van der Waals surface area contributed by atoms with Gasteiger partial charge in [0.05, 0.1) is 5.39 Å². The molecule has 3 rings (SSSR count). The number of hydrogen-bond acceptors (Lipinski definition) is 5. The van der Waals surface area contributed by atoms with Crippen LogP contribution >= 0.6 is 11.3 Å². The number of hydrogen-bond donors (Lipinski definition) is 2. The van der Waals surface area contributed by atoms with Gasteiger partial charge in [-0.15, -0.1) is 11.3 Å². The van der Waals surface area contributed by atoms with Gasteiger partial charge < -0.3 is 5.43 Å². The first-order chi connectivity index (χ1) is 10.1. The Morgan fingerprint density at radius 2 is 2.05 bits per heavy atom. The number of anilines is 1. The van der Waals surface area contributed by atoms with Crippen LogP contribution in [0.15, 0.2) is 24.3 Å². The molecule has 6 heteroatoms. The topological polar surface area (TPSA) is 63.8 Å². The van der Waals surface area contributed by atoms with E-state index >= 15 is 0 Å². The molecule has 0 aliphatic heterocycles. The van der Waals surface area contributed by atoms with E-state index in [0.717, 1.165) is 22.2 Å². The highest BCUT2D eigenvalue weighted by Gasteiger charge is 2.12. The van der Waals surface area contributed by atoms with Gasteiger partial charge in [-0.25, -0.2) is 20.2 Å². The molecule has 3 N–H and O–H groups in total. The summed E-state index contributed by atoms with van der Waals surface area (Å²) in [6.45, 7) is 3.93. The van der Waals surface area contributed by atoms with E-state index in [1.807, 2.05) is 19.1 Å². The lowest BCUT2D eigenvalue weighted by molar-refractivity contribution is 0.627. The minimum absolute atomic E-state index is 0.295. The number of halogens is 1. The Morgan fingerprint density at radius 1 is 1.24 bits per heavy atom. The second-order valence-corrected chi connectivity index (χ2v) is 5.96. The average Bonchev–Trinajstić information content (AvgIpc) is 2.88. The summed E-state index contributed by atoms with van der Waals surface area (Å²) in [5, 5.41) is 0.899. The number of nitrogens with two attached hydrogens (primary N) is 1. The number of nitrogens with one attached hydrogen (secondary N) is 1. The van der Waals surface area contributed by atoms with Crippen LogP contribution in [-0.2, 0) is 6.42 Å². The van der Waals surface area contributed by atoms with E-state index in [4.69, 9.17) is 5.84 Å². The third-order valence-electron chi connectivity index (χ3n) is 3.23. The smallest absolute Gasteiger partial charge is 0.163 e. The van der Waals surface area contributed by atoms with Crippen LogP contribution in [0, 0.1) is 12.7 Å². The van der Waals surface area contributed by atoms with Crippen molar-refractivity contribution in [3.8, 4) is 11.4 Å². The lowest BCUT2D eigenvalue weighted by atomic mass is 10.1. The van der Waals surface area contributed by atoms with Gasteiger partial charge in [0.1, 0.15) is 10.6 Å². The number of thiophene rings is 1.